The number of piperazine rings is 1. The lowest BCUT2D eigenvalue weighted by atomic mass is 9.99. The van der Waals surface area contributed by atoms with Crippen LogP contribution in [0, 0.1) is 0 Å². The molecule has 0 spiro atoms. The van der Waals surface area contributed by atoms with Crippen molar-refractivity contribution in [2.75, 3.05) is 47.0 Å². The standard InChI is InChI=1S/C24H29N3O6/c1-30-17-6-5-16(14-20(17)31-2)19-15-21(25-33-19)24(7-8-24)23(29)27-11-9-26(10-12-27)22(28)18-4-3-13-32-18/h5-6,14-15,18H,3-4,7-13H2,1-2H3. The fraction of sp³-hybridized carbons (Fsp3) is 0.542. The summed E-state index contributed by atoms with van der Waals surface area (Å²) in [5.74, 6) is 1.93. The van der Waals surface area contributed by atoms with Gasteiger partial charge in [0, 0.05) is 44.4 Å². The number of carbonyl (C=O) groups excluding carboxylic acids is 2. The summed E-state index contributed by atoms with van der Waals surface area (Å²) in [6.45, 7) is 2.78. The van der Waals surface area contributed by atoms with Gasteiger partial charge in [0.2, 0.25) is 5.91 Å². The molecule has 3 aliphatic rings. The van der Waals surface area contributed by atoms with Crippen molar-refractivity contribution in [3.63, 3.8) is 0 Å². The topological polar surface area (TPSA) is 94.3 Å². The summed E-state index contributed by atoms with van der Waals surface area (Å²) in [7, 11) is 3.17. The first-order chi connectivity index (χ1) is 16.1. The zero-order valence-corrected chi connectivity index (χ0v) is 19.0. The van der Waals surface area contributed by atoms with Gasteiger partial charge in [-0.3, -0.25) is 9.59 Å². The van der Waals surface area contributed by atoms with Gasteiger partial charge in [-0.2, -0.15) is 0 Å². The first-order valence-electron chi connectivity index (χ1n) is 11.4. The van der Waals surface area contributed by atoms with E-state index in [0.29, 0.717) is 55.7 Å². The second kappa shape index (κ2) is 8.70. The summed E-state index contributed by atoms with van der Waals surface area (Å²) in [5.41, 5.74) is 0.838. The van der Waals surface area contributed by atoms with E-state index in [1.165, 1.54) is 0 Å². The molecule has 176 valence electrons. The average molecular weight is 456 g/mol. The fourth-order valence-electron chi connectivity index (χ4n) is 4.74. The molecule has 1 unspecified atom stereocenters. The minimum atomic E-state index is -0.626. The van der Waals surface area contributed by atoms with Crippen molar-refractivity contribution in [3.05, 3.63) is 30.0 Å². The van der Waals surface area contributed by atoms with E-state index < -0.39 is 5.41 Å². The molecule has 9 nitrogen and oxygen atoms in total. The van der Waals surface area contributed by atoms with Crippen molar-refractivity contribution in [2.24, 2.45) is 0 Å². The van der Waals surface area contributed by atoms with E-state index >= 15 is 0 Å². The van der Waals surface area contributed by atoms with Crippen molar-refractivity contribution in [3.8, 4) is 22.8 Å². The minimum absolute atomic E-state index is 0.0526. The Kier molecular flexibility index (Phi) is 5.74. The highest BCUT2D eigenvalue weighted by atomic mass is 16.5. The Bertz CT molecular complexity index is 1030. The molecule has 2 aliphatic heterocycles. The lowest BCUT2D eigenvalue weighted by molar-refractivity contribution is -0.146. The third kappa shape index (κ3) is 3.94. The first-order valence-corrected chi connectivity index (χ1v) is 11.4. The highest BCUT2D eigenvalue weighted by Gasteiger charge is 2.55. The van der Waals surface area contributed by atoms with Crippen molar-refractivity contribution in [1.29, 1.82) is 0 Å². The molecule has 2 amide bonds. The van der Waals surface area contributed by atoms with Gasteiger partial charge in [0.25, 0.3) is 5.91 Å². The number of hydrogen-bond donors (Lipinski definition) is 0. The predicted molar refractivity (Wildman–Crippen MR) is 118 cm³/mol. The van der Waals surface area contributed by atoms with E-state index in [0.717, 1.165) is 31.2 Å². The third-order valence-corrected chi connectivity index (χ3v) is 6.91. The molecule has 0 bridgehead atoms. The molecule has 1 aromatic heterocycles. The second-order valence-electron chi connectivity index (χ2n) is 8.85. The molecule has 1 aliphatic carbocycles. The largest absolute Gasteiger partial charge is 0.493 e. The molecule has 0 N–H and O–H groups in total. The number of carbonyl (C=O) groups is 2. The van der Waals surface area contributed by atoms with Crippen LogP contribution in [0.15, 0.2) is 28.8 Å². The Morgan fingerprint density at radius 3 is 2.39 bits per heavy atom. The molecule has 1 atom stereocenters. The van der Waals surface area contributed by atoms with Gasteiger partial charge in [0.15, 0.2) is 17.3 Å². The summed E-state index contributed by atoms with van der Waals surface area (Å²) in [5, 5.41) is 4.26. The normalized spacial score (nSPS) is 21.7. The van der Waals surface area contributed by atoms with E-state index in [-0.39, 0.29) is 17.9 Å². The molecule has 0 radical (unpaired) electrons. The second-order valence-corrected chi connectivity index (χ2v) is 8.85. The van der Waals surface area contributed by atoms with Crippen LogP contribution < -0.4 is 9.47 Å². The van der Waals surface area contributed by atoms with Crippen molar-refractivity contribution < 1.29 is 28.3 Å². The van der Waals surface area contributed by atoms with Crippen LogP contribution in [0.3, 0.4) is 0 Å². The highest BCUT2D eigenvalue weighted by Crippen LogP contribution is 2.50. The molecule has 1 saturated carbocycles. The van der Waals surface area contributed by atoms with E-state index in [9.17, 15) is 9.59 Å². The Hall–Kier alpha value is -3.07. The number of hydrogen-bond acceptors (Lipinski definition) is 7. The molecule has 1 aromatic carbocycles. The summed E-state index contributed by atoms with van der Waals surface area (Å²) in [4.78, 5) is 29.7. The SMILES string of the molecule is COc1ccc(-c2cc(C3(C(=O)N4CCN(C(=O)C5CCCO5)CC4)CC3)no2)cc1OC. The highest BCUT2D eigenvalue weighted by molar-refractivity contribution is 5.91. The first kappa shape index (κ1) is 21.8. The number of benzene rings is 1. The summed E-state index contributed by atoms with van der Waals surface area (Å²) in [6, 6.07) is 7.36. The molecule has 3 fully saturated rings. The van der Waals surface area contributed by atoms with Crippen LogP contribution in [0.1, 0.15) is 31.4 Å². The van der Waals surface area contributed by atoms with E-state index in [1.807, 2.05) is 34.1 Å². The number of aromatic nitrogens is 1. The maximum Gasteiger partial charge on any atom is 0.251 e. The van der Waals surface area contributed by atoms with Crippen LogP contribution in [0.25, 0.3) is 11.3 Å². The number of nitrogens with zero attached hydrogens (tertiary/aromatic N) is 3. The molecule has 2 saturated heterocycles. The van der Waals surface area contributed by atoms with Crippen molar-refractivity contribution >= 4 is 11.8 Å². The zero-order valence-electron chi connectivity index (χ0n) is 19.0. The summed E-state index contributed by atoms with van der Waals surface area (Å²) in [6.07, 6.45) is 2.90. The molecule has 3 heterocycles. The van der Waals surface area contributed by atoms with Crippen LogP contribution in [0.4, 0.5) is 0 Å². The quantitative estimate of drug-likeness (QED) is 0.659. The van der Waals surface area contributed by atoms with Crippen LogP contribution in [-0.4, -0.2) is 79.9 Å². The van der Waals surface area contributed by atoms with Crippen LogP contribution in [0.5, 0.6) is 11.5 Å². The molecular weight excluding hydrogens is 426 g/mol. The average Bonchev–Trinajstić information content (AvgIpc) is 3.26. The van der Waals surface area contributed by atoms with E-state index in [1.54, 1.807) is 14.2 Å². The molecular formula is C24H29N3O6. The lowest BCUT2D eigenvalue weighted by Gasteiger charge is -2.37. The van der Waals surface area contributed by atoms with Gasteiger partial charge in [0.05, 0.1) is 25.3 Å². The van der Waals surface area contributed by atoms with Crippen LogP contribution in [0.2, 0.25) is 0 Å². The van der Waals surface area contributed by atoms with Crippen molar-refractivity contribution in [2.45, 2.75) is 37.2 Å². The monoisotopic (exact) mass is 455 g/mol. The van der Waals surface area contributed by atoms with Gasteiger partial charge < -0.3 is 28.5 Å². The Morgan fingerprint density at radius 2 is 1.76 bits per heavy atom. The van der Waals surface area contributed by atoms with Gasteiger partial charge in [-0.15, -0.1) is 0 Å². The van der Waals surface area contributed by atoms with Gasteiger partial charge in [-0.25, -0.2) is 0 Å². The van der Waals surface area contributed by atoms with Gasteiger partial charge >= 0.3 is 0 Å². The van der Waals surface area contributed by atoms with Crippen molar-refractivity contribution in [1.82, 2.24) is 15.0 Å². The maximum atomic E-state index is 13.4. The van der Waals surface area contributed by atoms with Gasteiger partial charge in [0.1, 0.15) is 6.10 Å². The Balaban J connectivity index is 1.26. The Morgan fingerprint density at radius 1 is 1.03 bits per heavy atom. The molecule has 33 heavy (non-hydrogen) atoms. The predicted octanol–water partition coefficient (Wildman–Crippen LogP) is 2.24. The lowest BCUT2D eigenvalue weighted by Crippen LogP contribution is -2.54. The maximum absolute atomic E-state index is 13.4. The summed E-state index contributed by atoms with van der Waals surface area (Å²) >= 11 is 0. The van der Waals surface area contributed by atoms with E-state index in [2.05, 4.69) is 5.16 Å². The van der Waals surface area contributed by atoms with E-state index in [4.69, 9.17) is 18.7 Å². The minimum Gasteiger partial charge on any atom is -0.493 e. The van der Waals surface area contributed by atoms with Gasteiger partial charge in [-0.1, -0.05) is 5.16 Å². The molecule has 2 aromatic rings. The number of methoxy groups -OCH3 is 2. The Labute approximate surface area is 192 Å². The molecule has 5 rings (SSSR count). The van der Waals surface area contributed by atoms with Crippen LogP contribution >= 0.6 is 0 Å². The van der Waals surface area contributed by atoms with Gasteiger partial charge in [-0.05, 0) is 43.9 Å². The zero-order chi connectivity index (χ0) is 23.0. The fourth-order valence-corrected chi connectivity index (χ4v) is 4.74. The molecule has 9 heteroatoms. The number of rotatable bonds is 6. The summed E-state index contributed by atoms with van der Waals surface area (Å²) < 4.78 is 21.8. The van der Waals surface area contributed by atoms with Crippen LogP contribution in [-0.2, 0) is 19.7 Å². The number of amides is 2. The number of ether oxygens (including phenoxy) is 3. The smallest absolute Gasteiger partial charge is 0.251 e. The third-order valence-electron chi connectivity index (χ3n) is 6.91.